The van der Waals surface area contributed by atoms with E-state index < -0.39 is 11.5 Å². The van der Waals surface area contributed by atoms with E-state index in [0.717, 1.165) is 37.9 Å². The molecular formula is C24H31N3O4. The Morgan fingerprint density at radius 1 is 1.29 bits per heavy atom. The second-order valence-corrected chi connectivity index (χ2v) is 8.86. The lowest BCUT2D eigenvalue weighted by molar-refractivity contribution is -0.136. The molecule has 4 rings (SSSR count). The number of fused-ring (bicyclic) bond motifs is 1. The topological polar surface area (TPSA) is 107 Å². The van der Waals surface area contributed by atoms with Crippen molar-refractivity contribution in [3.05, 3.63) is 53.7 Å². The molecule has 2 unspecified atom stereocenters. The van der Waals surface area contributed by atoms with E-state index in [0.29, 0.717) is 30.6 Å². The number of benzene rings is 1. The van der Waals surface area contributed by atoms with Gasteiger partial charge in [0.25, 0.3) is 5.88 Å². The Morgan fingerprint density at radius 3 is 2.74 bits per heavy atom. The first kappa shape index (κ1) is 21.6. The van der Waals surface area contributed by atoms with Crippen molar-refractivity contribution in [1.82, 2.24) is 10.3 Å². The smallest absolute Gasteiger partial charge is 0.257 e. The fraction of sp³-hybridized carbons (Fsp3) is 0.500. The summed E-state index contributed by atoms with van der Waals surface area (Å²) < 4.78 is 11.8. The van der Waals surface area contributed by atoms with Crippen LogP contribution in [-0.4, -0.2) is 41.3 Å². The number of carbonyl (C=O) groups excluding carboxylic acids is 1. The zero-order valence-electron chi connectivity index (χ0n) is 17.9. The monoisotopic (exact) mass is 425 g/mol. The molecule has 2 aromatic rings. The predicted octanol–water partition coefficient (Wildman–Crippen LogP) is 2.38. The fourth-order valence-corrected chi connectivity index (χ4v) is 4.58. The highest BCUT2D eigenvalue weighted by Crippen LogP contribution is 2.35. The first-order valence-electron chi connectivity index (χ1n) is 11.0. The van der Waals surface area contributed by atoms with Gasteiger partial charge in [0.15, 0.2) is 11.9 Å². The molecule has 3 heterocycles. The van der Waals surface area contributed by atoms with Crippen molar-refractivity contribution >= 4 is 5.91 Å². The van der Waals surface area contributed by atoms with Gasteiger partial charge in [-0.15, -0.1) is 0 Å². The Balaban J connectivity index is 1.45. The first-order valence-corrected chi connectivity index (χ1v) is 11.0. The minimum Gasteiger partial charge on any atom is -0.484 e. The molecule has 31 heavy (non-hydrogen) atoms. The van der Waals surface area contributed by atoms with E-state index in [1.165, 1.54) is 12.5 Å². The number of carbonyl (C=O) groups is 1. The van der Waals surface area contributed by atoms with Crippen molar-refractivity contribution in [1.29, 1.82) is 0 Å². The fourth-order valence-electron chi connectivity index (χ4n) is 4.58. The van der Waals surface area contributed by atoms with E-state index in [4.69, 9.17) is 15.2 Å². The van der Waals surface area contributed by atoms with Crippen molar-refractivity contribution in [3.8, 4) is 11.6 Å². The molecule has 1 aromatic heterocycles. The minimum atomic E-state index is -1.50. The summed E-state index contributed by atoms with van der Waals surface area (Å²) in [7, 11) is 0. The number of primary amides is 1. The van der Waals surface area contributed by atoms with Gasteiger partial charge < -0.3 is 25.6 Å². The quantitative estimate of drug-likeness (QED) is 0.629. The maximum atomic E-state index is 11.7. The number of nitrogens with one attached hydrogen (secondary N) is 1. The molecule has 2 aliphatic rings. The molecule has 2 aliphatic heterocycles. The van der Waals surface area contributed by atoms with Crippen LogP contribution < -0.4 is 20.5 Å². The van der Waals surface area contributed by atoms with Crippen LogP contribution in [0.4, 0.5) is 0 Å². The van der Waals surface area contributed by atoms with Crippen LogP contribution in [0, 0.1) is 11.8 Å². The average Bonchev–Trinajstić information content (AvgIpc) is 2.79. The normalized spacial score (nSPS) is 21.8. The van der Waals surface area contributed by atoms with Gasteiger partial charge in [-0.25, -0.2) is 4.98 Å². The minimum absolute atomic E-state index is 0.181. The third-order valence-electron chi connectivity index (χ3n) is 6.47. The van der Waals surface area contributed by atoms with Gasteiger partial charge >= 0.3 is 0 Å². The molecule has 0 aliphatic carbocycles. The van der Waals surface area contributed by atoms with E-state index in [2.05, 4.69) is 34.6 Å². The van der Waals surface area contributed by atoms with E-state index in [1.54, 1.807) is 6.20 Å². The number of nitrogens with zero attached hydrogens (tertiary/aromatic N) is 1. The van der Waals surface area contributed by atoms with Crippen molar-refractivity contribution in [3.63, 3.8) is 0 Å². The van der Waals surface area contributed by atoms with Gasteiger partial charge in [0.05, 0.1) is 0 Å². The number of pyridine rings is 1. The lowest BCUT2D eigenvalue weighted by Crippen LogP contribution is -2.44. The molecule has 1 aromatic carbocycles. The Morgan fingerprint density at radius 2 is 2.03 bits per heavy atom. The maximum absolute atomic E-state index is 11.7. The third kappa shape index (κ3) is 5.17. The summed E-state index contributed by atoms with van der Waals surface area (Å²) in [6, 6.07) is 12.0. The number of rotatable bonds is 7. The average molecular weight is 426 g/mol. The summed E-state index contributed by atoms with van der Waals surface area (Å²) in [4.78, 5) is 16.0. The van der Waals surface area contributed by atoms with Crippen molar-refractivity contribution in [2.75, 3.05) is 19.7 Å². The molecule has 3 atom stereocenters. The van der Waals surface area contributed by atoms with Gasteiger partial charge in [0.2, 0.25) is 5.91 Å². The molecule has 166 valence electrons. The highest BCUT2D eigenvalue weighted by atomic mass is 16.6. The lowest BCUT2D eigenvalue weighted by Gasteiger charge is -2.34. The van der Waals surface area contributed by atoms with Gasteiger partial charge in [0.1, 0.15) is 12.2 Å². The number of aromatic nitrogens is 1. The van der Waals surface area contributed by atoms with E-state index in [1.807, 2.05) is 12.1 Å². The Labute approximate surface area is 183 Å². The summed E-state index contributed by atoms with van der Waals surface area (Å²) >= 11 is 0. The second kappa shape index (κ2) is 9.24. The Bertz CT molecular complexity index is 894. The number of hydrogen-bond donors (Lipinski definition) is 3. The van der Waals surface area contributed by atoms with E-state index >= 15 is 0 Å². The second-order valence-electron chi connectivity index (χ2n) is 8.86. The van der Waals surface area contributed by atoms with Crippen LogP contribution in [0.25, 0.3) is 0 Å². The molecule has 1 amide bonds. The van der Waals surface area contributed by atoms with Crippen molar-refractivity contribution in [2.24, 2.45) is 17.6 Å². The van der Waals surface area contributed by atoms with Crippen LogP contribution in [0.15, 0.2) is 42.6 Å². The zero-order chi connectivity index (χ0) is 21.8. The van der Waals surface area contributed by atoms with Crippen LogP contribution in [0.3, 0.4) is 0 Å². The van der Waals surface area contributed by atoms with Gasteiger partial charge in [-0.1, -0.05) is 24.3 Å². The van der Waals surface area contributed by atoms with Gasteiger partial charge in [-0.3, -0.25) is 4.79 Å². The van der Waals surface area contributed by atoms with Crippen LogP contribution in [-0.2, 0) is 11.2 Å². The molecule has 1 saturated heterocycles. The molecule has 0 spiro atoms. The number of piperidine rings is 1. The van der Waals surface area contributed by atoms with Gasteiger partial charge in [-0.2, -0.15) is 0 Å². The van der Waals surface area contributed by atoms with Gasteiger partial charge in [0, 0.05) is 6.20 Å². The summed E-state index contributed by atoms with van der Waals surface area (Å²) in [6.07, 6.45) is 4.73. The number of ether oxygens (including phenoxy) is 2. The molecule has 7 nitrogen and oxygen atoms in total. The van der Waals surface area contributed by atoms with Crippen molar-refractivity contribution < 1.29 is 19.4 Å². The summed E-state index contributed by atoms with van der Waals surface area (Å²) in [6.45, 7) is 3.90. The van der Waals surface area contributed by atoms with E-state index in [9.17, 15) is 9.90 Å². The largest absolute Gasteiger partial charge is 0.484 e. The highest BCUT2D eigenvalue weighted by Gasteiger charge is 2.35. The Hall–Kier alpha value is -2.64. The summed E-state index contributed by atoms with van der Waals surface area (Å²) in [5.74, 6) is 1.15. The number of hydrogen-bond acceptors (Lipinski definition) is 6. The summed E-state index contributed by atoms with van der Waals surface area (Å²) in [5.41, 5.74) is 6.15. The number of amides is 1. The molecule has 4 N–H and O–H groups in total. The SMILES string of the molecule is CC(O)(CC(Cc1ccc([C@H]2COc3cccnc3O2)cc1)C1CCNCC1)C(N)=O. The van der Waals surface area contributed by atoms with Crippen LogP contribution in [0.1, 0.15) is 43.4 Å². The molecule has 7 heteroatoms. The first-order chi connectivity index (χ1) is 14.9. The maximum Gasteiger partial charge on any atom is 0.257 e. The molecular weight excluding hydrogens is 394 g/mol. The predicted molar refractivity (Wildman–Crippen MR) is 117 cm³/mol. The number of aliphatic hydroxyl groups is 1. The molecule has 1 fully saturated rings. The number of nitrogens with two attached hydrogens (primary N) is 1. The summed E-state index contributed by atoms with van der Waals surface area (Å²) in [5, 5.41) is 13.9. The molecule has 0 radical (unpaired) electrons. The molecule has 0 saturated carbocycles. The zero-order valence-corrected chi connectivity index (χ0v) is 17.9. The molecule has 0 bridgehead atoms. The van der Waals surface area contributed by atoms with E-state index in [-0.39, 0.29) is 12.0 Å². The lowest BCUT2D eigenvalue weighted by atomic mass is 9.75. The third-order valence-corrected chi connectivity index (χ3v) is 6.47. The highest BCUT2D eigenvalue weighted by molar-refractivity contribution is 5.82. The standard InChI is InChI=1S/C24H31N3O4/c1-24(29,23(25)28)14-19(17-8-11-26-12-9-17)13-16-4-6-18(7-5-16)21-15-30-20-3-2-10-27-22(20)31-21/h2-7,10,17,19,21,26,29H,8-9,11-15H2,1H3,(H2,25,28)/t19?,21-,24?/m1/s1. The van der Waals surface area contributed by atoms with Crippen LogP contribution >= 0.6 is 0 Å². The Kier molecular flexibility index (Phi) is 6.43. The van der Waals surface area contributed by atoms with Gasteiger partial charge in [-0.05, 0) is 80.8 Å². The van der Waals surface area contributed by atoms with Crippen molar-refractivity contribution in [2.45, 2.75) is 44.3 Å². The van der Waals surface area contributed by atoms with Crippen LogP contribution in [0.2, 0.25) is 0 Å². The van der Waals surface area contributed by atoms with Crippen LogP contribution in [0.5, 0.6) is 11.6 Å².